The second-order valence-corrected chi connectivity index (χ2v) is 3.11. The van der Waals surface area contributed by atoms with Crippen LogP contribution in [0.1, 0.15) is 21.8 Å². The highest BCUT2D eigenvalue weighted by Gasteiger charge is 2.18. The molecule has 2 heterocycles. The summed E-state index contributed by atoms with van der Waals surface area (Å²) in [4.78, 5) is 14.7. The highest BCUT2D eigenvalue weighted by molar-refractivity contribution is 5.87. The van der Waals surface area contributed by atoms with Gasteiger partial charge in [0.15, 0.2) is 5.69 Å². The maximum atomic E-state index is 10.8. The van der Waals surface area contributed by atoms with E-state index >= 15 is 0 Å². The zero-order valence-corrected chi connectivity index (χ0v) is 9.27. The molecule has 0 amide bonds. The third-order valence-corrected chi connectivity index (χ3v) is 2.09. The number of carboxylic acid groups (broad SMARTS) is 1. The van der Waals surface area contributed by atoms with Crippen LogP contribution in [-0.2, 0) is 6.54 Å². The molecule has 86 valence electrons. The quantitative estimate of drug-likeness (QED) is 0.880. The number of nitrogens with zero attached hydrogens (tertiary/aromatic N) is 3. The summed E-state index contributed by atoms with van der Waals surface area (Å²) in [6.45, 7) is 2.09. The minimum absolute atomic E-state index is 0. The normalized spacial score (nSPS) is 9.81. The molecule has 16 heavy (non-hydrogen) atoms. The van der Waals surface area contributed by atoms with Crippen LogP contribution in [-0.4, -0.2) is 25.8 Å². The molecule has 0 aliphatic carbocycles. The highest BCUT2D eigenvalue weighted by atomic mass is 35.5. The molecule has 6 nitrogen and oxygen atoms in total. The summed E-state index contributed by atoms with van der Waals surface area (Å²) in [5.41, 5.74) is 0.529. The number of imidazole rings is 1. The van der Waals surface area contributed by atoms with Gasteiger partial charge in [-0.25, -0.2) is 9.78 Å². The van der Waals surface area contributed by atoms with Crippen LogP contribution in [0.15, 0.2) is 23.2 Å². The van der Waals surface area contributed by atoms with Crippen molar-refractivity contribution in [2.75, 3.05) is 0 Å². The van der Waals surface area contributed by atoms with Crippen molar-refractivity contribution in [3.8, 4) is 0 Å². The topological polar surface area (TPSA) is 81.1 Å². The van der Waals surface area contributed by atoms with Crippen LogP contribution < -0.4 is 0 Å². The first-order chi connectivity index (χ1) is 7.18. The Hall–Kier alpha value is -1.82. The Morgan fingerprint density at radius 1 is 1.62 bits per heavy atom. The zero-order valence-electron chi connectivity index (χ0n) is 8.45. The van der Waals surface area contributed by atoms with Gasteiger partial charge in [-0.1, -0.05) is 5.16 Å². The Bertz CT molecular complexity index is 478. The zero-order chi connectivity index (χ0) is 10.8. The third-order valence-electron chi connectivity index (χ3n) is 2.09. The van der Waals surface area contributed by atoms with Gasteiger partial charge in [-0.05, 0) is 6.92 Å². The predicted octanol–water partition coefficient (Wildman–Crippen LogP) is 1.35. The minimum Gasteiger partial charge on any atom is -0.476 e. The lowest BCUT2D eigenvalue weighted by Crippen LogP contribution is -2.05. The van der Waals surface area contributed by atoms with Crippen LogP contribution in [0.3, 0.4) is 0 Å². The molecule has 0 saturated carbocycles. The van der Waals surface area contributed by atoms with Gasteiger partial charge in [0.1, 0.15) is 5.76 Å². The van der Waals surface area contributed by atoms with E-state index in [0.717, 1.165) is 0 Å². The number of aromatic nitrogens is 3. The summed E-state index contributed by atoms with van der Waals surface area (Å²) in [7, 11) is 0. The van der Waals surface area contributed by atoms with E-state index in [1.54, 1.807) is 30.2 Å². The summed E-state index contributed by atoms with van der Waals surface area (Å²) in [6.07, 6.45) is 4.99. The SMILES string of the molecule is Cc1onc(C(=O)O)c1Cn1ccnc1.Cl. The predicted molar refractivity (Wildman–Crippen MR) is 56.8 cm³/mol. The Labute approximate surface area is 97.3 Å². The van der Waals surface area contributed by atoms with Crippen LogP contribution >= 0.6 is 12.4 Å². The second kappa shape index (κ2) is 4.80. The molecule has 0 spiro atoms. The highest BCUT2D eigenvalue weighted by Crippen LogP contribution is 2.14. The number of aryl methyl sites for hydroxylation is 1. The Morgan fingerprint density at radius 2 is 2.38 bits per heavy atom. The van der Waals surface area contributed by atoms with Gasteiger partial charge in [-0.2, -0.15) is 0 Å². The maximum absolute atomic E-state index is 10.8. The van der Waals surface area contributed by atoms with Crippen molar-refractivity contribution >= 4 is 18.4 Å². The fourth-order valence-electron chi connectivity index (χ4n) is 1.31. The molecule has 2 aromatic heterocycles. The molecule has 0 saturated heterocycles. The van der Waals surface area contributed by atoms with Gasteiger partial charge >= 0.3 is 5.97 Å². The lowest BCUT2D eigenvalue weighted by molar-refractivity contribution is 0.0684. The summed E-state index contributed by atoms with van der Waals surface area (Å²) in [6, 6.07) is 0. The van der Waals surface area contributed by atoms with Crippen molar-refractivity contribution in [2.24, 2.45) is 0 Å². The lowest BCUT2D eigenvalue weighted by atomic mass is 10.2. The number of aromatic carboxylic acids is 1. The summed E-state index contributed by atoms with van der Waals surface area (Å²) < 4.78 is 6.60. The summed E-state index contributed by atoms with van der Waals surface area (Å²) in [5, 5.41) is 12.3. The molecule has 0 radical (unpaired) electrons. The van der Waals surface area contributed by atoms with Crippen LogP contribution in [0, 0.1) is 6.92 Å². The van der Waals surface area contributed by atoms with Crippen LogP contribution in [0.5, 0.6) is 0 Å². The van der Waals surface area contributed by atoms with Crippen LogP contribution in [0.2, 0.25) is 0 Å². The first kappa shape index (κ1) is 12.3. The molecule has 7 heteroatoms. The summed E-state index contributed by atoms with van der Waals surface area (Å²) >= 11 is 0. The molecule has 0 atom stereocenters. The number of rotatable bonds is 3. The first-order valence-corrected chi connectivity index (χ1v) is 4.32. The maximum Gasteiger partial charge on any atom is 0.358 e. The monoisotopic (exact) mass is 243 g/mol. The number of carboxylic acids is 1. The Kier molecular flexibility index (Phi) is 3.68. The molecule has 2 aromatic rings. The minimum atomic E-state index is -1.08. The third kappa shape index (κ3) is 2.22. The van der Waals surface area contributed by atoms with E-state index in [9.17, 15) is 4.79 Å². The standard InChI is InChI=1S/C9H9N3O3.ClH/c1-6-7(4-12-3-2-10-5-12)8(9(13)14)11-15-6;/h2-3,5H,4H2,1H3,(H,13,14);1H. The number of carbonyl (C=O) groups is 1. The Balaban J connectivity index is 0.00000128. The average Bonchev–Trinajstić information content (AvgIpc) is 2.78. The fraction of sp³-hybridized carbons (Fsp3) is 0.222. The molecule has 0 bridgehead atoms. The molecular weight excluding hydrogens is 234 g/mol. The number of hydrogen-bond donors (Lipinski definition) is 1. The van der Waals surface area contributed by atoms with E-state index in [-0.39, 0.29) is 18.1 Å². The van der Waals surface area contributed by atoms with E-state index in [1.807, 2.05) is 0 Å². The van der Waals surface area contributed by atoms with E-state index in [4.69, 9.17) is 9.63 Å². The first-order valence-electron chi connectivity index (χ1n) is 4.32. The molecule has 0 aliphatic rings. The molecule has 2 rings (SSSR count). The van der Waals surface area contributed by atoms with Gasteiger partial charge in [0.2, 0.25) is 0 Å². The van der Waals surface area contributed by atoms with Crippen molar-refractivity contribution in [3.63, 3.8) is 0 Å². The molecule has 0 aromatic carbocycles. The van der Waals surface area contributed by atoms with Crippen molar-refractivity contribution in [3.05, 3.63) is 35.7 Å². The fourth-order valence-corrected chi connectivity index (χ4v) is 1.31. The van der Waals surface area contributed by atoms with Gasteiger partial charge in [0.05, 0.1) is 12.9 Å². The van der Waals surface area contributed by atoms with Gasteiger partial charge in [-0.15, -0.1) is 12.4 Å². The van der Waals surface area contributed by atoms with E-state index in [2.05, 4.69) is 10.1 Å². The number of halogens is 1. The van der Waals surface area contributed by atoms with Crippen molar-refractivity contribution in [2.45, 2.75) is 13.5 Å². The molecule has 1 N–H and O–H groups in total. The van der Waals surface area contributed by atoms with Gasteiger partial charge in [0, 0.05) is 18.0 Å². The van der Waals surface area contributed by atoms with Gasteiger partial charge in [0.25, 0.3) is 0 Å². The van der Waals surface area contributed by atoms with E-state index in [1.165, 1.54) is 0 Å². The average molecular weight is 244 g/mol. The molecule has 0 unspecified atom stereocenters. The van der Waals surface area contributed by atoms with E-state index < -0.39 is 5.97 Å². The largest absolute Gasteiger partial charge is 0.476 e. The molecule has 0 fully saturated rings. The molecular formula is C9H10ClN3O3. The van der Waals surface area contributed by atoms with Gasteiger partial charge < -0.3 is 14.2 Å². The van der Waals surface area contributed by atoms with Crippen molar-refractivity contribution in [1.29, 1.82) is 0 Å². The second-order valence-electron chi connectivity index (χ2n) is 3.11. The Morgan fingerprint density at radius 3 is 2.94 bits per heavy atom. The van der Waals surface area contributed by atoms with Crippen LogP contribution in [0.4, 0.5) is 0 Å². The molecule has 0 aliphatic heterocycles. The van der Waals surface area contributed by atoms with Crippen LogP contribution in [0.25, 0.3) is 0 Å². The number of hydrogen-bond acceptors (Lipinski definition) is 4. The van der Waals surface area contributed by atoms with Gasteiger partial charge in [-0.3, -0.25) is 0 Å². The smallest absolute Gasteiger partial charge is 0.358 e. The van der Waals surface area contributed by atoms with Crippen molar-refractivity contribution < 1.29 is 14.4 Å². The van der Waals surface area contributed by atoms with E-state index in [0.29, 0.717) is 17.9 Å². The summed E-state index contributed by atoms with van der Waals surface area (Å²) in [5.74, 6) is -0.567. The van der Waals surface area contributed by atoms with Crippen molar-refractivity contribution in [1.82, 2.24) is 14.7 Å². The lowest BCUT2D eigenvalue weighted by Gasteiger charge is -2.00.